The first-order valence-corrected chi connectivity index (χ1v) is 8.88. The highest BCUT2D eigenvalue weighted by molar-refractivity contribution is 7.99. The highest BCUT2D eigenvalue weighted by Gasteiger charge is 2.38. The number of likely N-dealkylation sites (N-methyl/N-ethyl adjacent to an activating group) is 1. The normalized spacial score (nSPS) is 16.9. The van der Waals surface area contributed by atoms with Gasteiger partial charge in [-0.1, -0.05) is 43.8 Å². The van der Waals surface area contributed by atoms with Crippen LogP contribution in [0, 0.1) is 0 Å². The summed E-state index contributed by atoms with van der Waals surface area (Å²) in [6, 6.07) is 9.70. The van der Waals surface area contributed by atoms with Crippen LogP contribution >= 0.6 is 11.8 Å². The first-order chi connectivity index (χ1) is 11.8. The summed E-state index contributed by atoms with van der Waals surface area (Å²) in [5.41, 5.74) is 14.4. The molecule has 1 aliphatic heterocycles. The van der Waals surface area contributed by atoms with Crippen molar-refractivity contribution in [2.45, 2.75) is 24.4 Å². The molecule has 0 unspecified atom stereocenters. The zero-order chi connectivity index (χ0) is 18.2. The maximum Gasteiger partial charge on any atom is 0.191 e. The number of aromatic nitrogens is 2. The largest absolute Gasteiger partial charge is 0.383 e. The van der Waals surface area contributed by atoms with E-state index in [2.05, 4.69) is 40.8 Å². The molecule has 0 amide bonds. The molecule has 0 spiro atoms. The van der Waals surface area contributed by atoms with Gasteiger partial charge >= 0.3 is 0 Å². The Hall–Kier alpha value is -2.54. The Balaban J connectivity index is 1.78. The van der Waals surface area contributed by atoms with Crippen LogP contribution in [0.5, 0.6) is 0 Å². The molecule has 0 radical (unpaired) electrons. The second kappa shape index (κ2) is 6.40. The van der Waals surface area contributed by atoms with Crippen molar-refractivity contribution in [3.63, 3.8) is 0 Å². The monoisotopic (exact) mass is 355 g/mol. The Morgan fingerprint density at radius 3 is 2.52 bits per heavy atom. The van der Waals surface area contributed by atoms with Gasteiger partial charge in [0.25, 0.3) is 0 Å². The minimum absolute atomic E-state index is 0.00247. The van der Waals surface area contributed by atoms with Gasteiger partial charge in [-0.25, -0.2) is 9.97 Å². The third-order valence-electron chi connectivity index (χ3n) is 4.33. The number of allylic oxidation sites excluding steroid dienone is 2. The number of nitrogens with two attached hydrogens (primary N) is 2. The maximum atomic E-state index is 12.5. The number of fused-ring (bicyclic) bond motifs is 1. The van der Waals surface area contributed by atoms with Crippen LogP contribution in [0.25, 0.3) is 0 Å². The van der Waals surface area contributed by atoms with E-state index < -0.39 is 0 Å². The van der Waals surface area contributed by atoms with Crippen LogP contribution in [-0.2, 0) is 10.2 Å². The van der Waals surface area contributed by atoms with E-state index in [9.17, 15) is 4.79 Å². The fraction of sp³-hybridized carbons (Fsp3) is 0.278. The van der Waals surface area contributed by atoms with E-state index in [1.807, 2.05) is 19.2 Å². The Bertz CT molecular complexity index is 842. The number of ketones is 1. The Labute approximate surface area is 151 Å². The van der Waals surface area contributed by atoms with Crippen LogP contribution in [0.4, 0.5) is 17.3 Å². The number of hydrogen-bond donors (Lipinski definition) is 2. The highest BCUT2D eigenvalue weighted by Crippen LogP contribution is 2.46. The molecule has 0 bridgehead atoms. The lowest BCUT2D eigenvalue weighted by Gasteiger charge is -2.23. The van der Waals surface area contributed by atoms with Crippen LogP contribution in [0.15, 0.2) is 47.3 Å². The molecule has 25 heavy (non-hydrogen) atoms. The molecule has 1 aliphatic rings. The molecule has 0 aliphatic carbocycles. The van der Waals surface area contributed by atoms with Crippen LogP contribution in [0.1, 0.15) is 19.4 Å². The predicted molar refractivity (Wildman–Crippen MR) is 103 cm³/mol. The minimum atomic E-state index is -0.218. The van der Waals surface area contributed by atoms with Crippen LogP contribution in [-0.4, -0.2) is 28.6 Å². The summed E-state index contributed by atoms with van der Waals surface area (Å²) in [6.07, 6.45) is 1.71. The molecule has 2 aromatic rings. The summed E-state index contributed by atoms with van der Waals surface area (Å²) in [5, 5.41) is 0.409. The quantitative estimate of drug-likeness (QED) is 0.494. The zero-order valence-corrected chi connectivity index (χ0v) is 15.3. The fourth-order valence-corrected chi connectivity index (χ4v) is 3.81. The smallest absolute Gasteiger partial charge is 0.191 e. The number of carbonyl (C=O) groups excluding carboxylic acids is 1. The van der Waals surface area contributed by atoms with Gasteiger partial charge in [-0.3, -0.25) is 4.79 Å². The van der Waals surface area contributed by atoms with Crippen molar-refractivity contribution in [3.8, 4) is 0 Å². The molecule has 2 heterocycles. The number of carbonyl (C=O) groups is 1. The van der Waals surface area contributed by atoms with Crippen molar-refractivity contribution in [1.82, 2.24) is 9.97 Å². The fourth-order valence-electron chi connectivity index (χ4n) is 3.12. The van der Waals surface area contributed by atoms with Gasteiger partial charge in [-0.05, 0) is 11.6 Å². The summed E-state index contributed by atoms with van der Waals surface area (Å²) in [5.74, 6) is 0.824. The zero-order valence-electron chi connectivity index (χ0n) is 14.5. The van der Waals surface area contributed by atoms with Crippen molar-refractivity contribution in [2.75, 3.05) is 29.2 Å². The first kappa shape index (κ1) is 17.3. The number of hydrogen-bond acceptors (Lipinski definition) is 7. The Morgan fingerprint density at radius 1 is 1.24 bits per heavy atom. The van der Waals surface area contributed by atoms with E-state index in [1.165, 1.54) is 23.4 Å². The highest BCUT2D eigenvalue weighted by atomic mass is 32.2. The average Bonchev–Trinajstić information content (AvgIpc) is 2.74. The van der Waals surface area contributed by atoms with Crippen LogP contribution in [0.3, 0.4) is 0 Å². The second-order valence-electron chi connectivity index (χ2n) is 6.49. The molecule has 0 fully saturated rings. The number of para-hydroxylation sites is 1. The molecular formula is C18H21N5OS. The standard InChI is InChI=1S/C18H21N5OS/c1-18(2)12-6-4-5-7-13(12)23(3)14(18)8-11(24)10-25-17-21-15(19)9-16(20)22-17/h4-9H,10H2,1-3H3,(H4,19,20,21,22). The summed E-state index contributed by atoms with van der Waals surface area (Å²) < 4.78 is 0. The number of anilines is 3. The van der Waals surface area contributed by atoms with Crippen molar-refractivity contribution < 1.29 is 4.79 Å². The van der Waals surface area contributed by atoms with Crippen LogP contribution < -0.4 is 16.4 Å². The van der Waals surface area contributed by atoms with Gasteiger partial charge in [0.2, 0.25) is 0 Å². The second-order valence-corrected chi connectivity index (χ2v) is 7.43. The summed E-state index contributed by atoms with van der Waals surface area (Å²) >= 11 is 1.23. The molecule has 0 atom stereocenters. The number of nitrogen functional groups attached to an aromatic ring is 2. The number of benzene rings is 1. The third-order valence-corrected chi connectivity index (χ3v) is 5.20. The van der Waals surface area contributed by atoms with E-state index >= 15 is 0 Å². The van der Waals surface area contributed by atoms with Crippen LogP contribution in [0.2, 0.25) is 0 Å². The van der Waals surface area contributed by atoms with Gasteiger partial charge in [0, 0.05) is 36.0 Å². The number of rotatable bonds is 4. The van der Waals surface area contributed by atoms with Gasteiger partial charge in [0.05, 0.1) is 5.75 Å². The topological polar surface area (TPSA) is 98.1 Å². The minimum Gasteiger partial charge on any atom is -0.383 e. The van der Waals surface area contributed by atoms with Crippen molar-refractivity contribution in [2.24, 2.45) is 0 Å². The molecular weight excluding hydrogens is 334 g/mol. The van der Waals surface area contributed by atoms with Gasteiger partial charge in [-0.2, -0.15) is 0 Å². The molecule has 0 saturated carbocycles. The third kappa shape index (κ3) is 3.32. The Kier molecular flexibility index (Phi) is 4.43. The molecule has 1 aromatic carbocycles. The maximum absolute atomic E-state index is 12.5. The van der Waals surface area contributed by atoms with E-state index in [1.54, 1.807) is 6.08 Å². The number of nitrogens with zero attached hydrogens (tertiary/aromatic N) is 3. The predicted octanol–water partition coefficient (Wildman–Crippen LogP) is 2.61. The summed E-state index contributed by atoms with van der Waals surface area (Å²) in [4.78, 5) is 22.7. The average molecular weight is 355 g/mol. The van der Waals surface area contributed by atoms with Crippen molar-refractivity contribution >= 4 is 34.9 Å². The van der Waals surface area contributed by atoms with E-state index in [0.717, 1.165) is 11.4 Å². The molecule has 130 valence electrons. The molecule has 1 aromatic heterocycles. The molecule has 4 N–H and O–H groups in total. The Morgan fingerprint density at radius 2 is 1.88 bits per heavy atom. The van der Waals surface area contributed by atoms with Gasteiger partial charge in [-0.15, -0.1) is 0 Å². The first-order valence-electron chi connectivity index (χ1n) is 7.90. The van der Waals surface area contributed by atoms with Crippen molar-refractivity contribution in [3.05, 3.63) is 47.7 Å². The van der Waals surface area contributed by atoms with E-state index in [-0.39, 0.29) is 17.0 Å². The van der Waals surface area contributed by atoms with Gasteiger partial charge < -0.3 is 16.4 Å². The molecule has 6 nitrogen and oxygen atoms in total. The van der Waals surface area contributed by atoms with Gasteiger partial charge in [0.1, 0.15) is 11.6 Å². The molecule has 7 heteroatoms. The summed E-state index contributed by atoms with van der Waals surface area (Å²) in [6.45, 7) is 4.26. The lowest BCUT2D eigenvalue weighted by molar-refractivity contribution is -0.112. The number of thioether (sulfide) groups is 1. The lowest BCUT2D eigenvalue weighted by atomic mass is 9.83. The van der Waals surface area contributed by atoms with Gasteiger partial charge in [0.15, 0.2) is 10.9 Å². The summed E-state index contributed by atoms with van der Waals surface area (Å²) in [7, 11) is 1.99. The molecule has 0 saturated heterocycles. The lowest BCUT2D eigenvalue weighted by Crippen LogP contribution is -2.24. The molecule has 3 rings (SSSR count). The van der Waals surface area contributed by atoms with E-state index in [4.69, 9.17) is 11.5 Å². The van der Waals surface area contributed by atoms with Crippen molar-refractivity contribution in [1.29, 1.82) is 0 Å². The van der Waals surface area contributed by atoms with E-state index in [0.29, 0.717) is 16.8 Å². The SMILES string of the molecule is CN1C(=CC(=O)CSc2nc(N)cc(N)n2)C(C)(C)c2ccccc21.